The summed E-state index contributed by atoms with van der Waals surface area (Å²) in [5.41, 5.74) is 11.6. The minimum atomic E-state index is 0.139. The second-order valence-electron chi connectivity index (χ2n) is 5.84. The molecule has 0 aromatic heterocycles. The second kappa shape index (κ2) is 5.45. The van der Waals surface area contributed by atoms with E-state index in [1.807, 2.05) is 11.8 Å². The van der Waals surface area contributed by atoms with Crippen LogP contribution in [0.2, 0.25) is 0 Å². The van der Waals surface area contributed by atoms with Crippen LogP contribution >= 0.6 is 11.8 Å². The highest BCUT2D eigenvalue weighted by Gasteiger charge is 2.17. The molecule has 0 aliphatic heterocycles. The Labute approximate surface area is 110 Å². The standard InChI is InChI=1S/C15H25NS/c1-10-7-11(2)14(12(3)8-10)13(16)9-17-15(4,5)6/h7-8,13H,9,16H2,1-6H3. The highest BCUT2D eigenvalue weighted by Crippen LogP contribution is 2.30. The largest absolute Gasteiger partial charge is 0.323 e. The van der Waals surface area contributed by atoms with Crippen molar-refractivity contribution < 1.29 is 0 Å². The van der Waals surface area contributed by atoms with Gasteiger partial charge in [-0.2, -0.15) is 11.8 Å². The van der Waals surface area contributed by atoms with Gasteiger partial charge in [0, 0.05) is 16.5 Å². The molecule has 0 aliphatic carbocycles. The fourth-order valence-corrected chi connectivity index (χ4v) is 3.05. The van der Waals surface area contributed by atoms with E-state index in [1.165, 1.54) is 22.3 Å². The van der Waals surface area contributed by atoms with Gasteiger partial charge < -0.3 is 5.73 Å². The maximum absolute atomic E-state index is 6.33. The van der Waals surface area contributed by atoms with Gasteiger partial charge in [0.15, 0.2) is 0 Å². The van der Waals surface area contributed by atoms with Crippen LogP contribution in [0.5, 0.6) is 0 Å². The Bertz CT molecular complexity index is 367. The van der Waals surface area contributed by atoms with Crippen molar-refractivity contribution in [1.82, 2.24) is 0 Å². The van der Waals surface area contributed by atoms with Gasteiger partial charge in [0.1, 0.15) is 0 Å². The summed E-state index contributed by atoms with van der Waals surface area (Å²) in [5.74, 6) is 0.980. The quantitative estimate of drug-likeness (QED) is 0.873. The number of rotatable bonds is 3. The molecular weight excluding hydrogens is 226 g/mol. The third-order valence-corrected chi connectivity index (χ3v) is 4.20. The summed E-state index contributed by atoms with van der Waals surface area (Å²) in [6, 6.07) is 4.59. The molecular formula is C15H25NS. The predicted octanol–water partition coefficient (Wildman–Crippen LogP) is 4.14. The first-order chi connectivity index (χ1) is 7.70. The molecule has 1 aromatic rings. The first-order valence-electron chi connectivity index (χ1n) is 6.18. The average molecular weight is 251 g/mol. The lowest BCUT2D eigenvalue weighted by molar-refractivity contribution is 0.773. The molecule has 17 heavy (non-hydrogen) atoms. The van der Waals surface area contributed by atoms with Crippen molar-refractivity contribution >= 4 is 11.8 Å². The lowest BCUT2D eigenvalue weighted by atomic mass is 9.95. The minimum absolute atomic E-state index is 0.139. The molecule has 1 unspecified atom stereocenters. The Hall–Kier alpha value is -0.470. The Balaban J connectivity index is 2.86. The first kappa shape index (κ1) is 14.6. The lowest BCUT2D eigenvalue weighted by Gasteiger charge is -2.23. The van der Waals surface area contributed by atoms with Crippen LogP contribution in [0.15, 0.2) is 12.1 Å². The average Bonchev–Trinajstić information content (AvgIpc) is 2.11. The molecule has 0 heterocycles. The Morgan fingerprint density at radius 2 is 1.59 bits per heavy atom. The fourth-order valence-electron chi connectivity index (χ4n) is 2.20. The summed E-state index contributed by atoms with van der Waals surface area (Å²) >= 11 is 1.93. The van der Waals surface area contributed by atoms with Crippen LogP contribution in [0.25, 0.3) is 0 Å². The van der Waals surface area contributed by atoms with Crippen molar-refractivity contribution in [3.8, 4) is 0 Å². The lowest BCUT2D eigenvalue weighted by Crippen LogP contribution is -2.20. The number of hydrogen-bond donors (Lipinski definition) is 1. The van der Waals surface area contributed by atoms with Gasteiger partial charge in [0.25, 0.3) is 0 Å². The van der Waals surface area contributed by atoms with E-state index in [-0.39, 0.29) is 10.8 Å². The van der Waals surface area contributed by atoms with E-state index in [2.05, 4.69) is 53.7 Å². The van der Waals surface area contributed by atoms with E-state index in [0.29, 0.717) is 0 Å². The monoisotopic (exact) mass is 251 g/mol. The van der Waals surface area contributed by atoms with Crippen LogP contribution in [0.3, 0.4) is 0 Å². The molecule has 0 bridgehead atoms. The van der Waals surface area contributed by atoms with Gasteiger partial charge >= 0.3 is 0 Å². The predicted molar refractivity (Wildman–Crippen MR) is 79.8 cm³/mol. The topological polar surface area (TPSA) is 26.0 Å². The highest BCUT2D eigenvalue weighted by atomic mass is 32.2. The van der Waals surface area contributed by atoms with Crippen molar-refractivity contribution in [2.75, 3.05) is 5.75 Å². The summed E-state index contributed by atoms with van der Waals surface area (Å²) in [6.07, 6.45) is 0. The normalized spacial score (nSPS) is 13.8. The highest BCUT2D eigenvalue weighted by molar-refractivity contribution is 8.00. The van der Waals surface area contributed by atoms with Crippen molar-refractivity contribution in [3.63, 3.8) is 0 Å². The van der Waals surface area contributed by atoms with Gasteiger partial charge in [-0.05, 0) is 37.5 Å². The smallest absolute Gasteiger partial charge is 0.0392 e. The number of aryl methyl sites for hydroxylation is 3. The first-order valence-corrected chi connectivity index (χ1v) is 7.16. The zero-order valence-corrected chi connectivity index (χ0v) is 12.7. The van der Waals surface area contributed by atoms with Crippen molar-refractivity contribution in [2.45, 2.75) is 52.3 Å². The number of hydrogen-bond acceptors (Lipinski definition) is 2. The summed E-state index contributed by atoms with van der Waals surface area (Å²) in [7, 11) is 0. The summed E-state index contributed by atoms with van der Waals surface area (Å²) in [5, 5.41) is 0. The van der Waals surface area contributed by atoms with E-state index in [9.17, 15) is 0 Å². The third-order valence-electron chi connectivity index (χ3n) is 2.80. The second-order valence-corrected chi connectivity index (χ2v) is 7.69. The van der Waals surface area contributed by atoms with E-state index < -0.39 is 0 Å². The molecule has 0 radical (unpaired) electrons. The van der Waals surface area contributed by atoms with Crippen molar-refractivity contribution in [2.24, 2.45) is 5.73 Å². The van der Waals surface area contributed by atoms with Crippen LogP contribution in [-0.2, 0) is 0 Å². The van der Waals surface area contributed by atoms with Gasteiger partial charge in [-0.3, -0.25) is 0 Å². The Morgan fingerprint density at radius 3 is 2.00 bits per heavy atom. The van der Waals surface area contributed by atoms with E-state index in [0.717, 1.165) is 5.75 Å². The summed E-state index contributed by atoms with van der Waals surface area (Å²) in [6.45, 7) is 13.2. The zero-order chi connectivity index (χ0) is 13.2. The molecule has 0 saturated heterocycles. The van der Waals surface area contributed by atoms with Crippen LogP contribution < -0.4 is 5.73 Å². The summed E-state index contributed by atoms with van der Waals surface area (Å²) < 4.78 is 0.282. The van der Waals surface area contributed by atoms with E-state index in [4.69, 9.17) is 5.73 Å². The molecule has 1 nitrogen and oxygen atoms in total. The molecule has 2 heteroatoms. The molecule has 0 aliphatic rings. The van der Waals surface area contributed by atoms with E-state index in [1.54, 1.807) is 0 Å². The van der Waals surface area contributed by atoms with Crippen LogP contribution in [-0.4, -0.2) is 10.5 Å². The fraction of sp³-hybridized carbons (Fsp3) is 0.600. The molecule has 0 spiro atoms. The zero-order valence-electron chi connectivity index (χ0n) is 11.9. The molecule has 1 rings (SSSR count). The van der Waals surface area contributed by atoms with Crippen LogP contribution in [0, 0.1) is 20.8 Å². The Morgan fingerprint density at radius 1 is 1.12 bits per heavy atom. The van der Waals surface area contributed by atoms with E-state index >= 15 is 0 Å². The Kier molecular flexibility index (Phi) is 4.68. The molecule has 1 atom stereocenters. The molecule has 1 aromatic carbocycles. The molecule has 0 fully saturated rings. The summed E-state index contributed by atoms with van der Waals surface area (Å²) in [4.78, 5) is 0. The molecule has 0 amide bonds. The maximum atomic E-state index is 6.33. The third kappa shape index (κ3) is 4.36. The number of thioether (sulfide) groups is 1. The van der Waals surface area contributed by atoms with Gasteiger partial charge in [-0.15, -0.1) is 0 Å². The van der Waals surface area contributed by atoms with Gasteiger partial charge in [-0.25, -0.2) is 0 Å². The van der Waals surface area contributed by atoms with Gasteiger partial charge in [0.2, 0.25) is 0 Å². The van der Waals surface area contributed by atoms with Gasteiger partial charge in [-0.1, -0.05) is 38.5 Å². The number of nitrogens with two attached hydrogens (primary N) is 1. The van der Waals surface area contributed by atoms with Crippen LogP contribution in [0.4, 0.5) is 0 Å². The van der Waals surface area contributed by atoms with Gasteiger partial charge in [0.05, 0.1) is 0 Å². The SMILES string of the molecule is Cc1cc(C)c(C(N)CSC(C)(C)C)c(C)c1. The molecule has 2 N–H and O–H groups in total. The van der Waals surface area contributed by atoms with Crippen LogP contribution in [0.1, 0.15) is 49.1 Å². The van der Waals surface area contributed by atoms with Crippen molar-refractivity contribution in [1.29, 1.82) is 0 Å². The number of benzene rings is 1. The van der Waals surface area contributed by atoms with Crippen molar-refractivity contribution in [3.05, 3.63) is 34.4 Å². The molecule has 96 valence electrons. The maximum Gasteiger partial charge on any atom is 0.0392 e. The minimum Gasteiger partial charge on any atom is -0.323 e. The molecule has 0 saturated carbocycles.